The Kier molecular flexibility index (Phi) is 4.08. The zero-order valence-corrected chi connectivity index (χ0v) is 7.07. The lowest BCUT2D eigenvalue weighted by molar-refractivity contribution is 1.44. The number of hydrogen-bond donors (Lipinski definition) is 0. The minimum Gasteiger partial charge on any atom is -0.193 e. The lowest BCUT2D eigenvalue weighted by Gasteiger charge is -1.84. The van der Waals surface area contributed by atoms with Gasteiger partial charge in [-0.25, -0.2) is 0 Å². The van der Waals surface area contributed by atoms with Crippen LogP contribution in [0.2, 0.25) is 0 Å². The van der Waals surface area contributed by atoms with Crippen LogP contribution in [-0.4, -0.2) is 0 Å². The number of rotatable bonds is 1. The Labute approximate surface area is 63.8 Å². The van der Waals surface area contributed by atoms with Gasteiger partial charge in [0, 0.05) is 10.1 Å². The third kappa shape index (κ3) is 3.99. The van der Waals surface area contributed by atoms with E-state index in [0.29, 0.717) is 5.57 Å². The molecule has 0 aromatic heterocycles. The molecule has 0 spiro atoms. The van der Waals surface area contributed by atoms with Crippen LogP contribution in [0.4, 0.5) is 0 Å². The molecule has 0 unspecified atom stereocenters. The maximum Gasteiger partial charge on any atom is 0.0944 e. The van der Waals surface area contributed by atoms with Crippen LogP contribution in [0.5, 0.6) is 0 Å². The number of allylic oxidation sites excluding steroid dienone is 4. The Hall–Kier alpha value is -0.550. The van der Waals surface area contributed by atoms with Crippen LogP contribution in [0.15, 0.2) is 22.2 Å². The van der Waals surface area contributed by atoms with Crippen molar-refractivity contribution in [1.29, 1.82) is 5.26 Å². The molecule has 0 atom stereocenters. The quantitative estimate of drug-likeness (QED) is 0.456. The van der Waals surface area contributed by atoms with Crippen LogP contribution in [0.3, 0.4) is 0 Å². The Morgan fingerprint density at radius 2 is 2.22 bits per heavy atom. The summed E-state index contributed by atoms with van der Waals surface area (Å²) < 4.78 is 0.946. The molecule has 0 fully saturated rings. The number of nitrogens with zero attached hydrogens (tertiary/aromatic N) is 1. The zero-order chi connectivity index (χ0) is 7.28. The monoisotopic (exact) mass is 185 g/mol. The van der Waals surface area contributed by atoms with E-state index in [4.69, 9.17) is 5.26 Å². The van der Waals surface area contributed by atoms with Crippen molar-refractivity contribution in [3.63, 3.8) is 0 Å². The summed E-state index contributed by atoms with van der Waals surface area (Å²) in [5.41, 5.74) is 0.708. The fourth-order valence-corrected chi connectivity index (χ4v) is 0.666. The molecule has 0 saturated carbocycles. The molecule has 0 N–H and O–H groups in total. The van der Waals surface area contributed by atoms with Gasteiger partial charge in [0.2, 0.25) is 0 Å². The van der Waals surface area contributed by atoms with E-state index in [1.165, 1.54) is 0 Å². The van der Waals surface area contributed by atoms with Gasteiger partial charge in [0.25, 0.3) is 0 Å². The highest BCUT2D eigenvalue weighted by atomic mass is 79.9. The van der Waals surface area contributed by atoms with E-state index in [1.807, 2.05) is 19.1 Å². The molecule has 0 aliphatic heterocycles. The SMILES string of the molecule is C/C=C(Br)\C=C(/C)C#N. The second-order valence-corrected chi connectivity index (χ2v) is 2.53. The van der Waals surface area contributed by atoms with Crippen LogP contribution in [0, 0.1) is 11.3 Å². The van der Waals surface area contributed by atoms with Crippen molar-refractivity contribution < 1.29 is 0 Å². The maximum absolute atomic E-state index is 8.31. The van der Waals surface area contributed by atoms with Gasteiger partial charge in [-0.3, -0.25) is 0 Å². The van der Waals surface area contributed by atoms with Crippen LogP contribution >= 0.6 is 15.9 Å². The minimum absolute atomic E-state index is 0.708. The molecular weight excluding hydrogens is 178 g/mol. The van der Waals surface area contributed by atoms with E-state index in [1.54, 1.807) is 13.0 Å². The van der Waals surface area contributed by atoms with Gasteiger partial charge in [-0.1, -0.05) is 22.0 Å². The molecule has 0 rings (SSSR count). The molecule has 0 aromatic rings. The summed E-state index contributed by atoms with van der Waals surface area (Å²) in [6.45, 7) is 3.68. The van der Waals surface area contributed by atoms with Gasteiger partial charge < -0.3 is 0 Å². The molecule has 48 valence electrons. The van der Waals surface area contributed by atoms with Gasteiger partial charge in [0.15, 0.2) is 0 Å². The smallest absolute Gasteiger partial charge is 0.0944 e. The zero-order valence-electron chi connectivity index (χ0n) is 5.48. The normalized spacial score (nSPS) is 13.1. The first-order valence-corrected chi connectivity index (χ1v) is 3.40. The lowest BCUT2D eigenvalue weighted by Crippen LogP contribution is -1.67. The van der Waals surface area contributed by atoms with Crippen molar-refractivity contribution in [2.45, 2.75) is 13.8 Å². The summed E-state index contributed by atoms with van der Waals surface area (Å²) in [6, 6.07) is 2.02. The third-order valence-corrected chi connectivity index (χ3v) is 1.49. The fraction of sp³-hybridized carbons (Fsp3) is 0.286. The second kappa shape index (κ2) is 4.34. The minimum atomic E-state index is 0.708. The molecule has 0 saturated heterocycles. The van der Waals surface area contributed by atoms with Gasteiger partial charge in [0.1, 0.15) is 0 Å². The predicted molar refractivity (Wildman–Crippen MR) is 42.1 cm³/mol. The summed E-state index contributed by atoms with van der Waals surface area (Å²) in [5.74, 6) is 0. The van der Waals surface area contributed by atoms with Gasteiger partial charge >= 0.3 is 0 Å². The van der Waals surface area contributed by atoms with Crippen LogP contribution in [-0.2, 0) is 0 Å². The summed E-state index contributed by atoms with van der Waals surface area (Å²) in [6.07, 6.45) is 3.67. The Balaban J connectivity index is 4.17. The van der Waals surface area contributed by atoms with E-state index in [-0.39, 0.29) is 0 Å². The number of nitriles is 1. The first-order chi connectivity index (χ1) is 4.20. The highest BCUT2D eigenvalue weighted by Gasteiger charge is 1.84. The van der Waals surface area contributed by atoms with E-state index < -0.39 is 0 Å². The van der Waals surface area contributed by atoms with Gasteiger partial charge in [-0.2, -0.15) is 5.26 Å². The predicted octanol–water partition coefficient (Wildman–Crippen LogP) is 2.75. The van der Waals surface area contributed by atoms with E-state index in [9.17, 15) is 0 Å². The summed E-state index contributed by atoms with van der Waals surface area (Å²) in [5, 5.41) is 8.31. The van der Waals surface area contributed by atoms with Gasteiger partial charge in [0.05, 0.1) is 6.07 Å². The largest absolute Gasteiger partial charge is 0.193 e. The van der Waals surface area contributed by atoms with Crippen LogP contribution < -0.4 is 0 Å². The molecule has 0 amide bonds. The highest BCUT2D eigenvalue weighted by molar-refractivity contribution is 9.11. The topological polar surface area (TPSA) is 23.8 Å². The van der Waals surface area contributed by atoms with E-state index in [2.05, 4.69) is 15.9 Å². The summed E-state index contributed by atoms with van der Waals surface area (Å²) >= 11 is 3.25. The molecule has 0 radical (unpaired) electrons. The molecule has 0 aliphatic carbocycles. The van der Waals surface area contributed by atoms with E-state index >= 15 is 0 Å². The molecule has 0 heterocycles. The Bertz CT molecular complexity index is 184. The maximum atomic E-state index is 8.31. The van der Waals surface area contributed by atoms with Crippen molar-refractivity contribution in [1.82, 2.24) is 0 Å². The standard InChI is InChI=1S/C7H8BrN/c1-3-7(8)4-6(2)5-9/h3-4H,1-2H3/b6-4+,7-3+. The number of hydrogen-bond acceptors (Lipinski definition) is 1. The fourth-order valence-electron chi connectivity index (χ4n) is 0.322. The van der Waals surface area contributed by atoms with Crippen molar-refractivity contribution in [2.24, 2.45) is 0 Å². The molecule has 0 bridgehead atoms. The van der Waals surface area contributed by atoms with Crippen molar-refractivity contribution >= 4 is 15.9 Å². The molecule has 1 nitrogen and oxygen atoms in total. The van der Waals surface area contributed by atoms with Crippen LogP contribution in [0.25, 0.3) is 0 Å². The average molecular weight is 186 g/mol. The highest BCUT2D eigenvalue weighted by Crippen LogP contribution is 2.08. The molecule has 2 heteroatoms. The number of halogens is 1. The molecule has 0 aliphatic rings. The second-order valence-electron chi connectivity index (χ2n) is 1.61. The van der Waals surface area contributed by atoms with Crippen molar-refractivity contribution in [3.8, 4) is 6.07 Å². The van der Waals surface area contributed by atoms with Crippen molar-refractivity contribution in [2.75, 3.05) is 0 Å². The first kappa shape index (κ1) is 8.45. The van der Waals surface area contributed by atoms with E-state index in [0.717, 1.165) is 4.48 Å². The molecule has 0 aromatic carbocycles. The average Bonchev–Trinajstić information content (AvgIpc) is 1.87. The third-order valence-electron chi connectivity index (χ3n) is 0.807. The summed E-state index contributed by atoms with van der Waals surface area (Å²) in [7, 11) is 0. The van der Waals surface area contributed by atoms with Gasteiger partial charge in [-0.05, 0) is 19.9 Å². The molecule has 9 heavy (non-hydrogen) atoms. The molecular formula is C7H8BrN. The Morgan fingerprint density at radius 1 is 1.67 bits per heavy atom. The summed E-state index contributed by atoms with van der Waals surface area (Å²) in [4.78, 5) is 0. The van der Waals surface area contributed by atoms with Crippen molar-refractivity contribution in [3.05, 3.63) is 22.2 Å². The Morgan fingerprint density at radius 3 is 2.56 bits per heavy atom. The lowest BCUT2D eigenvalue weighted by atomic mass is 10.3. The van der Waals surface area contributed by atoms with Crippen LogP contribution in [0.1, 0.15) is 13.8 Å². The van der Waals surface area contributed by atoms with Gasteiger partial charge in [-0.15, -0.1) is 0 Å². The first-order valence-electron chi connectivity index (χ1n) is 2.61.